The Bertz CT molecular complexity index is 174. The van der Waals surface area contributed by atoms with Crippen LogP contribution in [0.25, 0.3) is 0 Å². The Labute approximate surface area is 71.6 Å². The number of nitrogens with one attached hydrogen (secondary N) is 1. The number of hydrogen-bond donors (Lipinski definition) is 2. The van der Waals surface area contributed by atoms with E-state index in [2.05, 4.69) is 5.32 Å². The molecule has 0 radical (unpaired) electrons. The van der Waals surface area contributed by atoms with Gasteiger partial charge in [0.25, 0.3) is 0 Å². The van der Waals surface area contributed by atoms with Crippen LogP contribution in [-0.2, 0) is 4.79 Å². The first kappa shape index (κ1) is 8.81. The van der Waals surface area contributed by atoms with Crippen LogP contribution < -0.4 is 5.32 Å². The molecule has 2 rings (SSSR count). The quantitative estimate of drug-likeness (QED) is 0.613. The highest BCUT2D eigenvalue weighted by Crippen LogP contribution is 2.40. The van der Waals surface area contributed by atoms with Gasteiger partial charge in [0.15, 0.2) is 0 Å². The summed E-state index contributed by atoms with van der Waals surface area (Å²) in [5.74, 6) is 0.436. The van der Waals surface area contributed by atoms with Gasteiger partial charge in [-0.3, -0.25) is 4.79 Å². The number of hydrogen-bond acceptors (Lipinski definition) is 2. The maximum Gasteiger partial charge on any atom is 0.320 e. The molecule has 1 aliphatic heterocycles. The molecular weight excluding hydrogens is 166 g/mol. The van der Waals surface area contributed by atoms with Crippen molar-refractivity contribution in [2.45, 2.75) is 18.9 Å². The van der Waals surface area contributed by atoms with E-state index >= 15 is 0 Å². The molecule has 64 valence electrons. The molecule has 2 N–H and O–H groups in total. The Hall–Kier alpha value is -0.280. The normalized spacial score (nSPS) is 40.2. The van der Waals surface area contributed by atoms with Crippen molar-refractivity contribution in [2.24, 2.45) is 11.8 Å². The summed E-state index contributed by atoms with van der Waals surface area (Å²) >= 11 is 0. The Balaban J connectivity index is 0.000000605. The van der Waals surface area contributed by atoms with Gasteiger partial charge in [-0.15, -0.1) is 12.4 Å². The third-order valence-electron chi connectivity index (χ3n) is 2.77. The first-order valence-electron chi connectivity index (χ1n) is 3.75. The first-order valence-corrected chi connectivity index (χ1v) is 3.75. The first-order chi connectivity index (χ1) is 4.79. The zero-order valence-electron chi connectivity index (χ0n) is 6.12. The number of aliphatic carboxylic acids is 1. The summed E-state index contributed by atoms with van der Waals surface area (Å²) in [6.45, 7) is 0.918. The van der Waals surface area contributed by atoms with Gasteiger partial charge in [0.05, 0.1) is 0 Å². The van der Waals surface area contributed by atoms with Crippen LogP contribution in [0.2, 0.25) is 0 Å². The molecule has 0 aromatic rings. The predicted octanol–water partition coefficient (Wildman–Crippen LogP) is 0.491. The van der Waals surface area contributed by atoms with E-state index in [0.29, 0.717) is 11.8 Å². The summed E-state index contributed by atoms with van der Waals surface area (Å²) in [5, 5.41) is 11.7. The van der Waals surface area contributed by atoms with E-state index in [1.165, 1.54) is 6.42 Å². The van der Waals surface area contributed by atoms with Crippen LogP contribution in [0, 0.1) is 11.8 Å². The second-order valence-electron chi connectivity index (χ2n) is 3.23. The SMILES string of the molecule is Cl.O=C(O)C1NCC2CCC21. The van der Waals surface area contributed by atoms with Gasteiger partial charge in [-0.1, -0.05) is 0 Å². The highest BCUT2D eigenvalue weighted by atomic mass is 35.5. The Morgan fingerprint density at radius 1 is 1.45 bits per heavy atom. The van der Waals surface area contributed by atoms with Crippen LogP contribution in [0.5, 0.6) is 0 Å². The Morgan fingerprint density at radius 3 is 2.45 bits per heavy atom. The molecule has 0 spiro atoms. The summed E-state index contributed by atoms with van der Waals surface area (Å²) in [4.78, 5) is 10.5. The van der Waals surface area contributed by atoms with Crippen LogP contribution in [0.1, 0.15) is 12.8 Å². The van der Waals surface area contributed by atoms with Gasteiger partial charge >= 0.3 is 5.97 Å². The van der Waals surface area contributed by atoms with Gasteiger partial charge in [0.1, 0.15) is 6.04 Å². The molecule has 3 unspecified atom stereocenters. The fraction of sp³-hybridized carbons (Fsp3) is 0.857. The van der Waals surface area contributed by atoms with Gasteiger partial charge in [0, 0.05) is 0 Å². The average Bonchev–Trinajstić information content (AvgIpc) is 2.07. The topological polar surface area (TPSA) is 49.3 Å². The Kier molecular flexibility index (Phi) is 2.40. The maximum absolute atomic E-state index is 10.5. The lowest BCUT2D eigenvalue weighted by molar-refractivity contribution is -0.141. The van der Waals surface area contributed by atoms with Gasteiger partial charge < -0.3 is 10.4 Å². The van der Waals surface area contributed by atoms with E-state index in [0.717, 1.165) is 13.0 Å². The van der Waals surface area contributed by atoms with E-state index < -0.39 is 5.97 Å². The third kappa shape index (κ3) is 1.23. The van der Waals surface area contributed by atoms with E-state index in [4.69, 9.17) is 5.11 Å². The number of carboxylic acids is 1. The summed E-state index contributed by atoms with van der Waals surface area (Å²) in [6, 6.07) is -0.237. The second kappa shape index (κ2) is 2.99. The van der Waals surface area contributed by atoms with E-state index in [9.17, 15) is 4.79 Å². The van der Waals surface area contributed by atoms with E-state index in [-0.39, 0.29) is 18.4 Å². The molecule has 0 aromatic heterocycles. The van der Waals surface area contributed by atoms with Crippen LogP contribution in [-0.4, -0.2) is 23.7 Å². The molecule has 2 fully saturated rings. The van der Waals surface area contributed by atoms with Crippen molar-refractivity contribution in [3.8, 4) is 0 Å². The molecule has 11 heavy (non-hydrogen) atoms. The number of halogens is 1. The van der Waals surface area contributed by atoms with Gasteiger partial charge in [0.2, 0.25) is 0 Å². The molecule has 1 saturated heterocycles. The van der Waals surface area contributed by atoms with Crippen molar-refractivity contribution >= 4 is 18.4 Å². The van der Waals surface area contributed by atoms with Crippen molar-refractivity contribution in [3.63, 3.8) is 0 Å². The van der Waals surface area contributed by atoms with Gasteiger partial charge in [-0.25, -0.2) is 0 Å². The highest BCUT2D eigenvalue weighted by Gasteiger charge is 2.45. The highest BCUT2D eigenvalue weighted by molar-refractivity contribution is 5.85. The summed E-state index contributed by atoms with van der Waals surface area (Å²) in [6.07, 6.45) is 2.33. The van der Waals surface area contributed by atoms with Gasteiger partial charge in [-0.05, 0) is 31.2 Å². The average molecular weight is 178 g/mol. The summed E-state index contributed by atoms with van der Waals surface area (Å²) in [5.41, 5.74) is 0. The lowest BCUT2D eigenvalue weighted by atomic mass is 9.73. The Morgan fingerprint density at radius 2 is 2.18 bits per heavy atom. The maximum atomic E-state index is 10.5. The van der Waals surface area contributed by atoms with Crippen molar-refractivity contribution in [1.82, 2.24) is 5.32 Å². The van der Waals surface area contributed by atoms with Crippen LogP contribution in [0.3, 0.4) is 0 Å². The zero-order chi connectivity index (χ0) is 7.14. The smallest absolute Gasteiger partial charge is 0.320 e. The van der Waals surface area contributed by atoms with Gasteiger partial charge in [-0.2, -0.15) is 0 Å². The van der Waals surface area contributed by atoms with Crippen molar-refractivity contribution in [3.05, 3.63) is 0 Å². The number of rotatable bonds is 1. The number of carboxylic acid groups (broad SMARTS) is 1. The molecule has 2 aliphatic rings. The monoisotopic (exact) mass is 177 g/mol. The molecule has 1 saturated carbocycles. The lowest BCUT2D eigenvalue weighted by Gasteiger charge is -2.30. The fourth-order valence-electron chi connectivity index (χ4n) is 1.99. The van der Waals surface area contributed by atoms with Crippen LogP contribution >= 0.6 is 12.4 Å². The van der Waals surface area contributed by atoms with Crippen molar-refractivity contribution in [1.29, 1.82) is 0 Å². The molecule has 0 aromatic carbocycles. The third-order valence-corrected chi connectivity index (χ3v) is 2.77. The molecule has 0 amide bonds. The predicted molar refractivity (Wildman–Crippen MR) is 42.9 cm³/mol. The molecule has 3 nitrogen and oxygen atoms in total. The summed E-state index contributed by atoms with van der Waals surface area (Å²) < 4.78 is 0. The molecule has 4 heteroatoms. The largest absolute Gasteiger partial charge is 0.480 e. The lowest BCUT2D eigenvalue weighted by Crippen LogP contribution is -2.38. The molecule has 3 atom stereocenters. The number of fused-ring (bicyclic) bond motifs is 1. The minimum Gasteiger partial charge on any atom is -0.480 e. The molecule has 1 aliphatic carbocycles. The minimum atomic E-state index is -0.674. The van der Waals surface area contributed by atoms with Crippen molar-refractivity contribution in [2.75, 3.05) is 6.54 Å². The van der Waals surface area contributed by atoms with Crippen LogP contribution in [0.15, 0.2) is 0 Å². The fourth-order valence-corrected chi connectivity index (χ4v) is 1.99. The number of carbonyl (C=O) groups is 1. The van der Waals surface area contributed by atoms with Crippen molar-refractivity contribution < 1.29 is 9.90 Å². The van der Waals surface area contributed by atoms with Crippen LogP contribution in [0.4, 0.5) is 0 Å². The zero-order valence-corrected chi connectivity index (χ0v) is 6.93. The molecule has 1 heterocycles. The minimum absolute atomic E-state index is 0. The molecule has 0 bridgehead atoms. The van der Waals surface area contributed by atoms with E-state index in [1.807, 2.05) is 0 Å². The second-order valence-corrected chi connectivity index (χ2v) is 3.23. The van der Waals surface area contributed by atoms with E-state index in [1.54, 1.807) is 0 Å². The summed E-state index contributed by atoms with van der Waals surface area (Å²) in [7, 11) is 0. The standard InChI is InChI=1S/C7H11NO2.ClH/c9-7(10)6-5-2-1-4(5)3-8-6;/h4-6,8H,1-3H2,(H,9,10);1H. The molecular formula is C7H12ClNO2.